The summed E-state index contributed by atoms with van der Waals surface area (Å²) in [4.78, 5) is 30.4. The van der Waals surface area contributed by atoms with Crippen LogP contribution < -0.4 is 0 Å². The number of rotatable bonds is 7. The van der Waals surface area contributed by atoms with Gasteiger partial charge >= 0.3 is 0 Å². The van der Waals surface area contributed by atoms with E-state index in [1.807, 2.05) is 29.8 Å². The molecule has 0 saturated carbocycles. The molecule has 3 rings (SSSR count). The van der Waals surface area contributed by atoms with Crippen LogP contribution in [-0.4, -0.2) is 74.1 Å². The van der Waals surface area contributed by atoms with Gasteiger partial charge in [-0.15, -0.1) is 11.3 Å². The van der Waals surface area contributed by atoms with E-state index in [-0.39, 0.29) is 30.2 Å². The lowest BCUT2D eigenvalue weighted by atomic mass is 9.92. The van der Waals surface area contributed by atoms with Gasteiger partial charge in [-0.05, 0) is 51.2 Å². The minimum atomic E-state index is -3.54. The molecule has 0 aromatic carbocycles. The molecule has 1 aromatic heterocycles. The van der Waals surface area contributed by atoms with E-state index in [4.69, 9.17) is 0 Å². The van der Waals surface area contributed by atoms with Gasteiger partial charge in [0, 0.05) is 50.6 Å². The van der Waals surface area contributed by atoms with E-state index in [0.717, 1.165) is 24.3 Å². The number of hydrogen-bond donors (Lipinski definition) is 0. The van der Waals surface area contributed by atoms with E-state index in [2.05, 4.69) is 6.92 Å². The molecule has 0 radical (unpaired) electrons. The molecule has 0 aliphatic carbocycles. The summed E-state index contributed by atoms with van der Waals surface area (Å²) in [6.45, 7) is 6.64. The molecule has 2 aliphatic heterocycles. The van der Waals surface area contributed by atoms with Crippen molar-refractivity contribution in [3.63, 3.8) is 0 Å². The predicted octanol–water partition coefficient (Wildman–Crippen LogP) is 2.95. The Kier molecular flexibility index (Phi) is 8.15. The summed E-state index contributed by atoms with van der Waals surface area (Å²) in [5, 5.41) is 0. The fourth-order valence-corrected chi connectivity index (χ4v) is 7.42. The molecular formula is C22H35N3O4S2. The number of aryl methyl sites for hydroxylation is 1. The number of sulfonamides is 1. The van der Waals surface area contributed by atoms with E-state index in [9.17, 15) is 18.0 Å². The highest BCUT2D eigenvalue weighted by molar-refractivity contribution is 7.91. The quantitative estimate of drug-likeness (QED) is 0.615. The van der Waals surface area contributed by atoms with Crippen molar-refractivity contribution in [1.29, 1.82) is 0 Å². The first kappa shape index (κ1) is 24.2. The van der Waals surface area contributed by atoms with Gasteiger partial charge in [-0.25, -0.2) is 8.42 Å². The van der Waals surface area contributed by atoms with Crippen LogP contribution in [0.15, 0.2) is 16.3 Å². The molecule has 9 heteroatoms. The average Bonchev–Trinajstić information content (AvgIpc) is 3.23. The van der Waals surface area contributed by atoms with Gasteiger partial charge in [-0.1, -0.05) is 13.3 Å². The van der Waals surface area contributed by atoms with Gasteiger partial charge in [-0.2, -0.15) is 4.31 Å². The van der Waals surface area contributed by atoms with Gasteiger partial charge < -0.3 is 9.80 Å². The molecule has 3 heterocycles. The number of thiophene rings is 1. The Hall–Kier alpha value is -1.45. The number of carbonyl (C=O) groups excluding carboxylic acids is 2. The van der Waals surface area contributed by atoms with Crippen molar-refractivity contribution in [2.45, 2.75) is 56.6 Å². The molecule has 31 heavy (non-hydrogen) atoms. The van der Waals surface area contributed by atoms with Crippen molar-refractivity contribution in [2.75, 3.05) is 39.8 Å². The van der Waals surface area contributed by atoms with Crippen molar-refractivity contribution >= 4 is 33.2 Å². The molecular weight excluding hydrogens is 434 g/mol. The SMILES string of the molecule is CCCCN(C)C(=O)C1CCN(C(=O)[C@@H]2CCCN(S(=O)(=O)c3ccc(C)s3)C2)CC1. The molecule has 1 atom stereocenters. The maximum absolute atomic E-state index is 13.1. The lowest BCUT2D eigenvalue weighted by Gasteiger charge is -2.37. The molecule has 2 aliphatic rings. The van der Waals surface area contributed by atoms with Crippen molar-refractivity contribution < 1.29 is 18.0 Å². The maximum atomic E-state index is 13.1. The number of amides is 2. The number of hydrogen-bond acceptors (Lipinski definition) is 5. The normalized spacial score (nSPS) is 21.3. The Labute approximate surface area is 190 Å². The summed E-state index contributed by atoms with van der Waals surface area (Å²) < 4.78 is 27.8. The van der Waals surface area contributed by atoms with E-state index in [1.165, 1.54) is 15.6 Å². The Morgan fingerprint density at radius 2 is 1.84 bits per heavy atom. The molecule has 2 amide bonds. The largest absolute Gasteiger partial charge is 0.346 e. The number of piperidine rings is 2. The third-order valence-corrected chi connectivity index (χ3v) is 9.76. The average molecular weight is 470 g/mol. The second-order valence-electron chi connectivity index (χ2n) is 8.78. The Bertz CT molecular complexity index is 875. The molecule has 1 aromatic rings. The molecule has 0 N–H and O–H groups in total. The van der Waals surface area contributed by atoms with Gasteiger partial charge in [0.05, 0.1) is 5.92 Å². The summed E-state index contributed by atoms with van der Waals surface area (Å²) in [7, 11) is -1.68. The van der Waals surface area contributed by atoms with E-state index in [1.54, 1.807) is 6.07 Å². The second kappa shape index (κ2) is 10.4. The highest BCUT2D eigenvalue weighted by Gasteiger charge is 2.37. The summed E-state index contributed by atoms with van der Waals surface area (Å²) in [5.41, 5.74) is 0. The highest BCUT2D eigenvalue weighted by Crippen LogP contribution is 2.30. The van der Waals surface area contributed by atoms with Gasteiger partial charge in [0.15, 0.2) is 0 Å². The van der Waals surface area contributed by atoms with Crippen molar-refractivity contribution in [3.8, 4) is 0 Å². The second-order valence-corrected chi connectivity index (χ2v) is 12.2. The minimum absolute atomic E-state index is 0.0174. The first-order valence-electron chi connectivity index (χ1n) is 11.3. The van der Waals surface area contributed by atoms with Gasteiger partial charge in [-0.3, -0.25) is 9.59 Å². The fourth-order valence-electron chi connectivity index (χ4n) is 4.46. The predicted molar refractivity (Wildman–Crippen MR) is 122 cm³/mol. The van der Waals surface area contributed by atoms with Gasteiger partial charge in [0.2, 0.25) is 11.8 Å². The zero-order valence-corrected chi connectivity index (χ0v) is 20.5. The van der Waals surface area contributed by atoms with E-state index < -0.39 is 10.0 Å². The van der Waals surface area contributed by atoms with Crippen LogP contribution in [0.25, 0.3) is 0 Å². The van der Waals surface area contributed by atoms with Gasteiger partial charge in [0.1, 0.15) is 4.21 Å². The van der Waals surface area contributed by atoms with E-state index >= 15 is 0 Å². The number of nitrogens with zero attached hydrogens (tertiary/aromatic N) is 3. The first-order chi connectivity index (χ1) is 14.7. The molecule has 0 bridgehead atoms. The zero-order chi connectivity index (χ0) is 22.6. The van der Waals surface area contributed by atoms with Crippen LogP contribution in [0.5, 0.6) is 0 Å². The lowest BCUT2D eigenvalue weighted by Crippen LogP contribution is -2.49. The standard InChI is InChI=1S/C22H35N3O4S2/c1-4-5-12-23(3)21(26)18-10-14-24(15-11-18)22(27)19-7-6-13-25(16-19)31(28,29)20-9-8-17(2)30-20/h8-9,18-19H,4-7,10-16H2,1-3H3/t19-/m1/s1. The lowest BCUT2D eigenvalue weighted by molar-refractivity contribution is -0.142. The number of carbonyl (C=O) groups is 2. The van der Waals surface area contributed by atoms with Crippen LogP contribution in [0.1, 0.15) is 50.3 Å². The van der Waals surface area contributed by atoms with Crippen molar-refractivity contribution in [3.05, 3.63) is 17.0 Å². The minimum Gasteiger partial charge on any atom is -0.346 e. The smallest absolute Gasteiger partial charge is 0.252 e. The van der Waals surface area contributed by atoms with Crippen LogP contribution >= 0.6 is 11.3 Å². The van der Waals surface area contributed by atoms with Crippen LogP contribution in [0.4, 0.5) is 0 Å². The summed E-state index contributed by atoms with van der Waals surface area (Å²) in [5.74, 6) is -0.102. The summed E-state index contributed by atoms with van der Waals surface area (Å²) in [6.07, 6.45) is 4.84. The Morgan fingerprint density at radius 3 is 2.45 bits per heavy atom. The molecule has 2 fully saturated rings. The maximum Gasteiger partial charge on any atom is 0.252 e. The molecule has 7 nitrogen and oxygen atoms in total. The zero-order valence-electron chi connectivity index (χ0n) is 18.9. The monoisotopic (exact) mass is 469 g/mol. The third-order valence-electron chi connectivity index (χ3n) is 6.42. The molecule has 174 valence electrons. The van der Waals surface area contributed by atoms with Crippen molar-refractivity contribution in [2.24, 2.45) is 11.8 Å². The third kappa shape index (κ3) is 5.68. The fraction of sp³-hybridized carbons (Fsp3) is 0.727. The number of likely N-dealkylation sites (tertiary alicyclic amines) is 1. The van der Waals surface area contributed by atoms with Crippen LogP contribution in [0.3, 0.4) is 0 Å². The topological polar surface area (TPSA) is 78.0 Å². The first-order valence-corrected chi connectivity index (χ1v) is 13.6. The number of unbranched alkanes of at least 4 members (excludes halogenated alkanes) is 1. The van der Waals surface area contributed by atoms with E-state index in [0.29, 0.717) is 49.5 Å². The summed E-state index contributed by atoms with van der Waals surface area (Å²) in [6, 6.07) is 3.47. The van der Waals surface area contributed by atoms with Crippen molar-refractivity contribution in [1.82, 2.24) is 14.1 Å². The molecule has 2 saturated heterocycles. The Balaban J connectivity index is 1.55. The van der Waals surface area contributed by atoms with Crippen LogP contribution in [0, 0.1) is 18.8 Å². The van der Waals surface area contributed by atoms with Gasteiger partial charge in [0.25, 0.3) is 10.0 Å². The molecule has 0 spiro atoms. The Morgan fingerprint density at radius 1 is 1.13 bits per heavy atom. The summed E-state index contributed by atoms with van der Waals surface area (Å²) >= 11 is 1.28. The highest BCUT2D eigenvalue weighted by atomic mass is 32.2. The molecule has 0 unspecified atom stereocenters. The van der Waals surface area contributed by atoms with Crippen LogP contribution in [-0.2, 0) is 19.6 Å². The van der Waals surface area contributed by atoms with Crippen LogP contribution in [0.2, 0.25) is 0 Å².